The van der Waals surface area contributed by atoms with E-state index in [1.54, 1.807) is 35.5 Å². The lowest BCUT2D eigenvalue weighted by Crippen LogP contribution is -2.36. The van der Waals surface area contributed by atoms with Crippen molar-refractivity contribution in [2.45, 2.75) is 32.7 Å². The summed E-state index contributed by atoms with van der Waals surface area (Å²) < 4.78 is 5.79. The highest BCUT2D eigenvalue weighted by atomic mass is 16.5. The number of carbonyl (C=O) groups is 1. The van der Waals surface area contributed by atoms with Crippen LogP contribution in [0.15, 0.2) is 57.8 Å². The third-order valence-corrected chi connectivity index (χ3v) is 4.54. The monoisotopic (exact) mass is 353 g/mol. The van der Waals surface area contributed by atoms with Crippen LogP contribution >= 0.6 is 0 Å². The van der Waals surface area contributed by atoms with Gasteiger partial charge in [-0.1, -0.05) is 0 Å². The molecule has 3 rings (SSSR count). The number of ether oxygens (including phenoxy) is 1. The van der Waals surface area contributed by atoms with Crippen molar-refractivity contribution in [3.05, 3.63) is 47.8 Å². The van der Waals surface area contributed by atoms with Crippen LogP contribution in [0.3, 0.4) is 0 Å². The molecule has 0 radical (unpaired) electrons. The Balaban J connectivity index is 1.88. The van der Waals surface area contributed by atoms with E-state index in [1.165, 1.54) is 0 Å². The highest BCUT2D eigenvalue weighted by Gasteiger charge is 2.31. The molecule has 26 heavy (non-hydrogen) atoms. The Kier molecular flexibility index (Phi) is 5.16. The third-order valence-electron chi connectivity index (χ3n) is 4.54. The number of pyridine rings is 1. The fourth-order valence-corrected chi connectivity index (χ4v) is 2.68. The molecule has 1 atom stereocenters. The van der Waals surface area contributed by atoms with Gasteiger partial charge in [0.2, 0.25) is 5.90 Å². The lowest BCUT2D eigenvalue weighted by atomic mass is 10.2. The molecule has 0 aromatic carbocycles. The standard InChI is InChI=1S/C19H23N5O2/c1-12-11-16(26-15-7-9-21-10-8-15)23-18(24(12)4)17(20-3)19(25)22-13(2)14-5-6-14/h7-11,13-14H,3,5-6H2,1-2,4H3,(H,22,25)/b18-17-/t13-/m0/s1. The van der Waals surface area contributed by atoms with E-state index in [0.717, 1.165) is 18.5 Å². The molecule has 1 aromatic heterocycles. The molecule has 0 spiro atoms. The smallest absolute Gasteiger partial charge is 0.273 e. The summed E-state index contributed by atoms with van der Waals surface area (Å²) in [7, 11) is 1.83. The first kappa shape index (κ1) is 17.8. The molecule has 1 aliphatic carbocycles. The van der Waals surface area contributed by atoms with E-state index < -0.39 is 0 Å². The van der Waals surface area contributed by atoms with Gasteiger partial charge in [0.15, 0.2) is 11.5 Å². The summed E-state index contributed by atoms with van der Waals surface area (Å²) in [5, 5.41) is 3.00. The van der Waals surface area contributed by atoms with Crippen molar-refractivity contribution in [1.82, 2.24) is 15.2 Å². The largest absolute Gasteiger partial charge is 0.439 e. The first-order valence-corrected chi connectivity index (χ1v) is 8.60. The van der Waals surface area contributed by atoms with Gasteiger partial charge in [0.05, 0.1) is 0 Å². The summed E-state index contributed by atoms with van der Waals surface area (Å²) in [6.45, 7) is 7.48. The highest BCUT2D eigenvalue weighted by Crippen LogP contribution is 2.32. The molecular weight excluding hydrogens is 330 g/mol. The van der Waals surface area contributed by atoms with E-state index in [0.29, 0.717) is 23.4 Å². The number of nitrogens with one attached hydrogen (secondary N) is 1. The number of carbonyl (C=O) groups excluding carboxylic acids is 1. The molecule has 136 valence electrons. The fourth-order valence-electron chi connectivity index (χ4n) is 2.68. The van der Waals surface area contributed by atoms with Crippen molar-refractivity contribution in [3.63, 3.8) is 0 Å². The van der Waals surface area contributed by atoms with Crippen LogP contribution in [-0.2, 0) is 4.79 Å². The minimum Gasteiger partial charge on any atom is -0.439 e. The van der Waals surface area contributed by atoms with Crippen LogP contribution in [0.25, 0.3) is 0 Å². The lowest BCUT2D eigenvalue weighted by molar-refractivity contribution is -0.118. The SMILES string of the molecule is C=N/C(C(=O)N[C@@H](C)C1CC1)=C1/N=C(Oc2ccncc2)C=C(C)N1C. The molecule has 2 heterocycles. The Hall–Kier alpha value is -2.96. The van der Waals surface area contributed by atoms with Crippen LogP contribution in [0.1, 0.15) is 26.7 Å². The van der Waals surface area contributed by atoms with E-state index in [-0.39, 0.29) is 17.6 Å². The number of nitrogens with zero attached hydrogens (tertiary/aromatic N) is 4. The number of allylic oxidation sites excluding steroid dienone is 1. The second-order valence-electron chi connectivity index (χ2n) is 6.51. The topological polar surface area (TPSA) is 79.2 Å². The van der Waals surface area contributed by atoms with Crippen molar-refractivity contribution in [2.75, 3.05) is 7.05 Å². The molecule has 1 N–H and O–H groups in total. The average molecular weight is 353 g/mol. The van der Waals surface area contributed by atoms with Gasteiger partial charge < -0.3 is 15.0 Å². The van der Waals surface area contributed by atoms with Crippen molar-refractivity contribution < 1.29 is 9.53 Å². The van der Waals surface area contributed by atoms with Gasteiger partial charge in [-0.2, -0.15) is 4.99 Å². The maximum Gasteiger partial charge on any atom is 0.273 e. The number of aromatic nitrogens is 1. The molecule has 0 saturated heterocycles. The quantitative estimate of drug-likeness (QED) is 0.651. The Bertz CT molecular complexity index is 793. The van der Waals surface area contributed by atoms with Crippen molar-refractivity contribution in [1.29, 1.82) is 0 Å². The van der Waals surface area contributed by atoms with Gasteiger partial charge in [0.25, 0.3) is 5.91 Å². The summed E-state index contributed by atoms with van der Waals surface area (Å²) in [6, 6.07) is 3.59. The molecule has 7 nitrogen and oxygen atoms in total. The van der Waals surface area contributed by atoms with Crippen molar-refractivity contribution >= 4 is 18.5 Å². The van der Waals surface area contributed by atoms with Crippen molar-refractivity contribution in [2.24, 2.45) is 15.9 Å². The van der Waals surface area contributed by atoms with Gasteiger partial charge >= 0.3 is 0 Å². The minimum absolute atomic E-state index is 0.113. The summed E-state index contributed by atoms with van der Waals surface area (Å²) in [4.78, 5) is 26.8. The Labute approximate surface area is 153 Å². The molecular formula is C19H23N5O2. The van der Waals surface area contributed by atoms with E-state index in [9.17, 15) is 4.79 Å². The molecule has 0 unspecified atom stereocenters. The molecule has 1 fully saturated rings. The second-order valence-corrected chi connectivity index (χ2v) is 6.51. The van der Waals surface area contributed by atoms with E-state index in [1.807, 2.05) is 20.9 Å². The normalized spacial score (nSPS) is 19.9. The van der Waals surface area contributed by atoms with Gasteiger partial charge in [-0.05, 0) is 51.5 Å². The molecule has 7 heteroatoms. The minimum atomic E-state index is -0.275. The Morgan fingerprint density at radius 2 is 2.12 bits per heavy atom. The molecule has 1 aliphatic heterocycles. The average Bonchev–Trinajstić information content (AvgIpc) is 3.45. The summed E-state index contributed by atoms with van der Waals surface area (Å²) in [6.07, 6.45) is 7.38. The van der Waals surface area contributed by atoms with Crippen LogP contribution in [0.5, 0.6) is 5.75 Å². The lowest BCUT2D eigenvalue weighted by Gasteiger charge is -2.26. The number of hydrogen-bond donors (Lipinski definition) is 1. The van der Waals surface area contributed by atoms with Gasteiger partial charge in [-0.3, -0.25) is 14.8 Å². The zero-order chi connectivity index (χ0) is 18.7. The van der Waals surface area contributed by atoms with Gasteiger partial charge in [-0.15, -0.1) is 0 Å². The number of hydrogen-bond acceptors (Lipinski definition) is 6. The number of amides is 1. The fraction of sp³-hybridized carbons (Fsp3) is 0.368. The highest BCUT2D eigenvalue weighted by molar-refractivity contribution is 5.97. The summed E-state index contributed by atoms with van der Waals surface area (Å²) >= 11 is 0. The number of aliphatic imine (C=N–C) groups is 2. The zero-order valence-electron chi connectivity index (χ0n) is 15.3. The predicted molar refractivity (Wildman–Crippen MR) is 101 cm³/mol. The molecule has 1 saturated carbocycles. The van der Waals surface area contributed by atoms with Gasteiger partial charge in [0.1, 0.15) is 5.75 Å². The van der Waals surface area contributed by atoms with Crippen LogP contribution in [0.2, 0.25) is 0 Å². The molecule has 2 aliphatic rings. The number of rotatable bonds is 5. The van der Waals surface area contributed by atoms with Gasteiger partial charge in [-0.25, -0.2) is 0 Å². The maximum atomic E-state index is 12.7. The van der Waals surface area contributed by atoms with E-state index in [4.69, 9.17) is 4.74 Å². The first-order chi connectivity index (χ1) is 12.5. The second kappa shape index (κ2) is 7.51. The third kappa shape index (κ3) is 3.99. The zero-order valence-corrected chi connectivity index (χ0v) is 15.3. The van der Waals surface area contributed by atoms with Crippen molar-refractivity contribution in [3.8, 4) is 5.75 Å². The predicted octanol–water partition coefficient (Wildman–Crippen LogP) is 2.49. The van der Waals surface area contributed by atoms with Gasteiger partial charge in [0, 0.05) is 37.3 Å². The Morgan fingerprint density at radius 3 is 2.73 bits per heavy atom. The van der Waals surface area contributed by atoms with E-state index >= 15 is 0 Å². The molecule has 0 bridgehead atoms. The Morgan fingerprint density at radius 1 is 1.42 bits per heavy atom. The van der Waals surface area contributed by atoms with Crippen LogP contribution in [0, 0.1) is 5.92 Å². The van der Waals surface area contributed by atoms with Crippen LogP contribution in [0.4, 0.5) is 0 Å². The van der Waals surface area contributed by atoms with Crippen LogP contribution < -0.4 is 10.1 Å². The molecule has 1 aromatic rings. The van der Waals surface area contributed by atoms with Crippen LogP contribution in [-0.4, -0.2) is 41.5 Å². The maximum absolute atomic E-state index is 12.7. The first-order valence-electron chi connectivity index (χ1n) is 8.60. The summed E-state index contributed by atoms with van der Waals surface area (Å²) in [5.74, 6) is 1.68. The van der Waals surface area contributed by atoms with E-state index in [2.05, 4.69) is 27.0 Å². The summed E-state index contributed by atoms with van der Waals surface area (Å²) in [5.41, 5.74) is 1.06. The molecule has 1 amide bonds.